The van der Waals surface area contributed by atoms with E-state index in [-0.39, 0.29) is 59.8 Å². The summed E-state index contributed by atoms with van der Waals surface area (Å²) in [4.78, 5) is 63.8. The molecule has 4 aromatic carbocycles. The molecule has 0 heterocycles. The fraction of sp³-hybridized carbons (Fsp3) is 0.368. The van der Waals surface area contributed by atoms with Crippen LogP contribution in [0.15, 0.2) is 48.5 Å². The van der Waals surface area contributed by atoms with E-state index in [0.29, 0.717) is 44.5 Å². The van der Waals surface area contributed by atoms with Gasteiger partial charge in [-0.3, -0.25) is 0 Å². The van der Waals surface area contributed by atoms with Crippen molar-refractivity contribution in [3.63, 3.8) is 0 Å². The molecule has 0 amide bonds. The average molecular weight is 725 g/mol. The smallest absolute Gasteiger partial charge is 0.234 e. The Bertz CT molecular complexity index is 1710. The quantitative estimate of drug-likeness (QED) is 0.116. The molecule has 0 spiro atoms. The SMILES string of the molecule is CC(C)(C)c1cc2c(O)c(c1)Cc1cc(C[P+]([O-])(O)O)cc(c1O)Cc1cc(C(C)(C)C)cc(c1O)Cc1cc(C[P+]([O-])(O)O)cc(c1O)C2. The summed E-state index contributed by atoms with van der Waals surface area (Å²) < 4.78 is 0. The lowest BCUT2D eigenvalue weighted by Gasteiger charge is -2.25. The van der Waals surface area contributed by atoms with E-state index in [1.165, 1.54) is 24.3 Å². The highest BCUT2D eigenvalue weighted by atomic mass is 31.2. The summed E-state index contributed by atoms with van der Waals surface area (Å²) in [5.41, 5.74) is 4.49. The van der Waals surface area contributed by atoms with E-state index in [9.17, 15) is 49.8 Å². The predicted molar refractivity (Wildman–Crippen MR) is 191 cm³/mol. The number of rotatable bonds is 4. The van der Waals surface area contributed by atoms with Crippen LogP contribution < -0.4 is 9.79 Å². The van der Waals surface area contributed by atoms with Crippen LogP contribution in [0.4, 0.5) is 0 Å². The van der Waals surface area contributed by atoms with Crippen LogP contribution in [0, 0.1) is 0 Å². The zero-order chi connectivity index (χ0) is 37.1. The van der Waals surface area contributed by atoms with Crippen LogP contribution in [-0.2, 0) is 48.8 Å². The average Bonchev–Trinajstić information content (AvgIpc) is 2.94. The first-order chi connectivity index (χ1) is 22.9. The Morgan fingerprint density at radius 2 is 0.640 bits per heavy atom. The third-order valence-electron chi connectivity index (χ3n) is 9.22. The van der Waals surface area contributed by atoms with E-state index in [1.807, 2.05) is 65.8 Å². The topological polar surface area (TPSA) is 208 Å². The molecule has 0 atom stereocenters. The fourth-order valence-electron chi connectivity index (χ4n) is 6.61. The lowest BCUT2D eigenvalue weighted by Crippen LogP contribution is -2.14. The van der Waals surface area contributed by atoms with Crippen molar-refractivity contribution in [2.24, 2.45) is 0 Å². The van der Waals surface area contributed by atoms with Crippen molar-refractivity contribution in [3.8, 4) is 23.0 Å². The Balaban J connectivity index is 1.86. The van der Waals surface area contributed by atoms with E-state index >= 15 is 0 Å². The molecule has 0 aliphatic heterocycles. The van der Waals surface area contributed by atoms with Crippen LogP contribution in [-0.4, -0.2) is 40.0 Å². The van der Waals surface area contributed by atoms with E-state index in [4.69, 9.17) is 0 Å². The molecule has 8 N–H and O–H groups in total. The second-order valence-corrected chi connectivity index (χ2v) is 19.0. The van der Waals surface area contributed by atoms with Crippen molar-refractivity contribution in [2.75, 3.05) is 0 Å². The third-order valence-corrected chi connectivity index (χ3v) is 10.8. The van der Waals surface area contributed by atoms with Gasteiger partial charge in [0, 0.05) is 25.7 Å². The zero-order valence-corrected chi connectivity index (χ0v) is 30.9. The minimum Gasteiger partial charge on any atom is -0.632 e. The van der Waals surface area contributed by atoms with Gasteiger partial charge < -0.3 is 30.2 Å². The van der Waals surface area contributed by atoms with E-state index in [2.05, 4.69) is 0 Å². The second kappa shape index (κ2) is 13.4. The van der Waals surface area contributed by atoms with Crippen molar-refractivity contribution < 1.29 is 49.8 Å². The van der Waals surface area contributed by atoms with Crippen LogP contribution in [0.2, 0.25) is 0 Å². The summed E-state index contributed by atoms with van der Waals surface area (Å²) in [5.74, 6) is -0.461. The Kier molecular flexibility index (Phi) is 10.1. The summed E-state index contributed by atoms with van der Waals surface area (Å²) in [7, 11) is -9.03. The van der Waals surface area contributed by atoms with Crippen LogP contribution in [0.5, 0.6) is 23.0 Å². The number of hydrogen-bond acceptors (Lipinski definition) is 10. The Hall–Kier alpha value is -3.30. The molecule has 0 unspecified atom stereocenters. The molecular formula is C38H46O10P2. The Morgan fingerprint density at radius 1 is 0.440 bits per heavy atom. The highest BCUT2D eigenvalue weighted by molar-refractivity contribution is 7.56. The van der Waals surface area contributed by atoms with Gasteiger partial charge in [-0.1, -0.05) is 65.8 Å². The summed E-state index contributed by atoms with van der Waals surface area (Å²) in [6, 6.07) is 13.3. The van der Waals surface area contributed by atoms with Crippen LogP contribution in [0.3, 0.4) is 0 Å². The molecule has 0 saturated heterocycles. The summed E-state index contributed by atoms with van der Waals surface area (Å²) >= 11 is 0. The summed E-state index contributed by atoms with van der Waals surface area (Å²) in [6.45, 7) is 12.0. The molecule has 1 aliphatic carbocycles. The molecule has 8 bridgehead atoms. The normalized spacial score (nSPS) is 14.2. The fourth-order valence-corrected chi connectivity index (χ4v) is 7.92. The lowest BCUT2D eigenvalue weighted by molar-refractivity contribution is -0.210. The minimum absolute atomic E-state index is 0.00860. The molecule has 268 valence electrons. The summed E-state index contributed by atoms with van der Waals surface area (Å²) in [5, 5.41) is 46.8. The van der Waals surface area contributed by atoms with Gasteiger partial charge >= 0.3 is 0 Å². The standard InChI is InChI=1S/C38H46O10P2/c1-37(2,3)31-15-27-11-23-7-21(19-49(43,44)45)9-25(33(23)39)13-29-17-32(38(4,5)6)18-30(36(29)42)14-26-10-22(20-50(46,47)48)8-24(34(26)40)12-28(16-31)35(27)41/h7-10,15-18,39-42H,11-14,19-20H2,1-6H3,(H2,43,44,45)(H2,46,47,48). The highest BCUT2D eigenvalue weighted by Gasteiger charge is 2.28. The van der Waals surface area contributed by atoms with Gasteiger partial charge in [-0.15, -0.1) is 0 Å². The maximum absolute atomic E-state index is 12.1. The molecule has 0 fully saturated rings. The van der Waals surface area contributed by atoms with E-state index in [0.717, 1.165) is 11.1 Å². The van der Waals surface area contributed by atoms with Crippen LogP contribution in [0.25, 0.3) is 0 Å². The molecular weight excluding hydrogens is 678 g/mol. The molecule has 0 aromatic heterocycles. The molecule has 10 nitrogen and oxygen atoms in total. The van der Waals surface area contributed by atoms with Crippen LogP contribution >= 0.6 is 15.9 Å². The molecule has 50 heavy (non-hydrogen) atoms. The minimum atomic E-state index is -4.51. The predicted octanol–water partition coefficient (Wildman–Crippen LogP) is 5.00. The van der Waals surface area contributed by atoms with Gasteiger partial charge in [-0.25, -0.2) is 19.6 Å². The van der Waals surface area contributed by atoms with E-state index < -0.39 is 39.0 Å². The van der Waals surface area contributed by atoms with Gasteiger partial charge in [-0.2, -0.15) is 0 Å². The van der Waals surface area contributed by atoms with Gasteiger partial charge in [0.15, 0.2) is 0 Å². The Morgan fingerprint density at radius 3 is 0.820 bits per heavy atom. The number of benzene rings is 4. The zero-order valence-electron chi connectivity index (χ0n) is 29.2. The molecule has 5 rings (SSSR count). The first-order valence-electron chi connectivity index (χ1n) is 16.3. The van der Waals surface area contributed by atoms with Crippen molar-refractivity contribution in [1.82, 2.24) is 0 Å². The van der Waals surface area contributed by atoms with E-state index in [1.54, 1.807) is 0 Å². The largest absolute Gasteiger partial charge is 0.632 e. The number of phenolic OH excluding ortho intramolecular Hbond substituents is 4. The van der Waals surface area contributed by atoms with Crippen molar-refractivity contribution >= 4 is 15.9 Å². The number of hydrogen-bond donors (Lipinski definition) is 8. The van der Waals surface area contributed by atoms with Crippen molar-refractivity contribution in [2.45, 2.75) is 90.4 Å². The number of fused-ring (bicyclic) bond motifs is 8. The highest BCUT2D eigenvalue weighted by Crippen LogP contribution is 2.47. The molecule has 0 saturated carbocycles. The van der Waals surface area contributed by atoms with Gasteiger partial charge in [0.1, 0.15) is 35.3 Å². The van der Waals surface area contributed by atoms with Crippen molar-refractivity contribution in [1.29, 1.82) is 0 Å². The van der Waals surface area contributed by atoms with Crippen LogP contribution in [0.1, 0.15) is 108 Å². The molecule has 12 heteroatoms. The van der Waals surface area contributed by atoms with Gasteiger partial charge in [0.05, 0.1) is 0 Å². The third kappa shape index (κ3) is 8.76. The number of phenols is 4. The molecule has 4 aromatic rings. The molecule has 0 radical (unpaired) electrons. The monoisotopic (exact) mass is 724 g/mol. The Labute approximate surface area is 293 Å². The van der Waals surface area contributed by atoms with Gasteiger partial charge in [-0.05, 0) is 102 Å². The van der Waals surface area contributed by atoms with Gasteiger partial charge in [0.2, 0.25) is 15.9 Å². The second-order valence-electron chi connectivity index (χ2n) is 15.7. The lowest BCUT2D eigenvalue weighted by atomic mass is 9.81. The number of aromatic hydroxyl groups is 4. The summed E-state index contributed by atoms with van der Waals surface area (Å²) in [6.07, 6.45) is -1.18. The first-order valence-corrected chi connectivity index (χ1v) is 19.9. The maximum Gasteiger partial charge on any atom is 0.234 e. The van der Waals surface area contributed by atoms with Gasteiger partial charge in [0.25, 0.3) is 0 Å². The van der Waals surface area contributed by atoms with Crippen molar-refractivity contribution in [3.05, 3.63) is 115 Å². The first kappa shape index (κ1) is 37.9. The molecule has 1 aliphatic rings. The maximum atomic E-state index is 12.1.